The van der Waals surface area contributed by atoms with Crippen molar-refractivity contribution in [3.05, 3.63) is 11.6 Å². The number of benzene rings is 1. The first-order valence-corrected chi connectivity index (χ1v) is 8.36. The Morgan fingerprint density at radius 3 is 2.17 bits per heavy atom. The van der Waals surface area contributed by atoms with E-state index in [9.17, 15) is 22.8 Å². The molecule has 29 heavy (non-hydrogen) atoms. The van der Waals surface area contributed by atoms with Gasteiger partial charge < -0.3 is 33.9 Å². The summed E-state index contributed by atoms with van der Waals surface area (Å²) in [4.78, 5) is 25.4. The fourth-order valence-electron chi connectivity index (χ4n) is 2.85. The lowest BCUT2D eigenvalue weighted by atomic mass is 10.1. The third-order valence-electron chi connectivity index (χ3n) is 4.15. The lowest BCUT2D eigenvalue weighted by Gasteiger charge is -2.35. The Labute approximate surface area is 164 Å². The van der Waals surface area contributed by atoms with Gasteiger partial charge in [-0.1, -0.05) is 0 Å². The second-order valence-corrected chi connectivity index (χ2v) is 5.79. The molecule has 0 aromatic heterocycles. The summed E-state index contributed by atoms with van der Waals surface area (Å²) < 4.78 is 63.3. The highest BCUT2D eigenvalue weighted by Gasteiger charge is 2.44. The predicted octanol–water partition coefficient (Wildman–Crippen LogP) is 1.20. The Bertz CT molecular complexity index is 770. The molecule has 1 N–H and O–H groups in total. The predicted molar refractivity (Wildman–Crippen MR) is 92.5 cm³/mol. The number of halogens is 3. The molecule has 1 heterocycles. The van der Waals surface area contributed by atoms with Crippen LogP contribution in [0.1, 0.15) is 10.4 Å². The molecule has 0 radical (unpaired) electrons. The smallest absolute Gasteiger partial charge is 0.491 e. The maximum Gasteiger partial charge on any atom is 0.491 e. The number of esters is 1. The van der Waals surface area contributed by atoms with E-state index < -0.39 is 24.3 Å². The van der Waals surface area contributed by atoms with Crippen LogP contribution in [-0.4, -0.2) is 77.3 Å². The molecule has 0 bridgehead atoms. The van der Waals surface area contributed by atoms with E-state index in [1.807, 2.05) is 0 Å². The molecule has 1 fully saturated rings. The lowest BCUT2D eigenvalue weighted by Crippen LogP contribution is -2.56. The van der Waals surface area contributed by atoms with Crippen molar-refractivity contribution in [1.29, 1.82) is 0 Å². The Morgan fingerprint density at radius 1 is 1.03 bits per heavy atom. The van der Waals surface area contributed by atoms with Gasteiger partial charge in [0.1, 0.15) is 0 Å². The highest BCUT2D eigenvalue weighted by atomic mass is 19.4. The molecule has 1 atom stereocenters. The van der Waals surface area contributed by atoms with Crippen LogP contribution < -0.4 is 24.3 Å². The minimum Gasteiger partial charge on any atom is -0.493 e. The van der Waals surface area contributed by atoms with Crippen LogP contribution in [0, 0.1) is 0 Å². The molecule has 1 unspecified atom stereocenters. The average molecular weight is 422 g/mol. The summed E-state index contributed by atoms with van der Waals surface area (Å²) in [7, 11) is 5.33. The van der Waals surface area contributed by atoms with E-state index in [0.717, 1.165) is 4.90 Å². The zero-order valence-electron chi connectivity index (χ0n) is 16.2. The highest BCUT2D eigenvalue weighted by Crippen LogP contribution is 2.47. The molecule has 0 saturated carbocycles. The third-order valence-corrected chi connectivity index (χ3v) is 4.15. The van der Waals surface area contributed by atoms with Crippen molar-refractivity contribution in [1.82, 2.24) is 10.2 Å². The summed E-state index contributed by atoms with van der Waals surface area (Å²) in [6.45, 7) is 0.118. The number of piperazine rings is 1. The number of ether oxygens (including phenoxy) is 5. The first-order chi connectivity index (χ1) is 13.7. The summed E-state index contributed by atoms with van der Waals surface area (Å²) in [5.74, 6) is -2.74. The SMILES string of the molecule is COc1cc(C(=O)N2CCNCC2OC(=O)C(F)(F)F)c(OC)c(OC)c1OC. The van der Waals surface area contributed by atoms with E-state index in [1.54, 1.807) is 0 Å². The zero-order chi connectivity index (χ0) is 21.8. The summed E-state index contributed by atoms with van der Waals surface area (Å²) in [6.07, 6.45) is -6.65. The van der Waals surface area contributed by atoms with Gasteiger partial charge in [0, 0.05) is 19.2 Å². The van der Waals surface area contributed by atoms with Gasteiger partial charge in [0.25, 0.3) is 5.91 Å². The Hall–Kier alpha value is -2.89. The van der Waals surface area contributed by atoms with Crippen LogP contribution in [0.25, 0.3) is 0 Å². The molecule has 1 amide bonds. The van der Waals surface area contributed by atoms with Crippen LogP contribution >= 0.6 is 0 Å². The average Bonchev–Trinajstić information content (AvgIpc) is 2.70. The molecule has 0 aliphatic carbocycles. The van der Waals surface area contributed by atoms with Gasteiger partial charge >= 0.3 is 12.1 Å². The number of nitrogens with one attached hydrogen (secondary N) is 1. The van der Waals surface area contributed by atoms with E-state index in [4.69, 9.17) is 18.9 Å². The Kier molecular flexibility index (Phi) is 7.01. The van der Waals surface area contributed by atoms with Crippen LogP contribution in [0.2, 0.25) is 0 Å². The maximum absolute atomic E-state index is 13.2. The number of rotatable bonds is 6. The normalized spacial score (nSPS) is 16.8. The van der Waals surface area contributed by atoms with Crippen LogP contribution in [0.15, 0.2) is 6.07 Å². The third kappa shape index (κ3) is 4.58. The number of nitrogens with zero attached hydrogens (tertiary/aromatic N) is 1. The van der Waals surface area contributed by atoms with Crippen molar-refractivity contribution in [2.75, 3.05) is 48.1 Å². The van der Waals surface area contributed by atoms with Crippen molar-refractivity contribution in [2.24, 2.45) is 0 Å². The number of methoxy groups -OCH3 is 4. The van der Waals surface area contributed by atoms with Crippen molar-refractivity contribution in [3.63, 3.8) is 0 Å². The molecule has 1 aromatic carbocycles. The van der Waals surface area contributed by atoms with Crippen molar-refractivity contribution < 1.29 is 46.4 Å². The topological polar surface area (TPSA) is 95.6 Å². The molecule has 12 heteroatoms. The number of amides is 1. The number of carbonyl (C=O) groups excluding carboxylic acids is 2. The maximum atomic E-state index is 13.2. The standard InChI is InChI=1S/C17H21F3N2O7/c1-25-10-7-9(12(26-2)14(28-4)13(10)27-3)15(23)22-6-5-21-8-11(22)29-16(24)17(18,19)20/h7,11,21H,5-6,8H2,1-4H3. The minimum absolute atomic E-state index is 0.00502. The van der Waals surface area contributed by atoms with E-state index in [2.05, 4.69) is 10.1 Å². The van der Waals surface area contributed by atoms with Gasteiger partial charge in [-0.05, 0) is 0 Å². The number of alkyl halides is 3. The molecule has 9 nitrogen and oxygen atoms in total. The van der Waals surface area contributed by atoms with E-state index >= 15 is 0 Å². The van der Waals surface area contributed by atoms with E-state index in [-0.39, 0.29) is 41.7 Å². The molecular weight excluding hydrogens is 401 g/mol. The fourth-order valence-corrected chi connectivity index (χ4v) is 2.85. The molecule has 162 valence electrons. The summed E-state index contributed by atoms with van der Waals surface area (Å²) in [5.41, 5.74) is -0.0584. The van der Waals surface area contributed by atoms with Crippen molar-refractivity contribution >= 4 is 11.9 Å². The van der Waals surface area contributed by atoms with Crippen LogP contribution in [0.5, 0.6) is 23.0 Å². The van der Waals surface area contributed by atoms with Gasteiger partial charge in [0.2, 0.25) is 11.5 Å². The summed E-state index contributed by atoms with van der Waals surface area (Å²) >= 11 is 0. The monoisotopic (exact) mass is 422 g/mol. The van der Waals surface area contributed by atoms with Gasteiger partial charge in [0.15, 0.2) is 17.7 Å². The van der Waals surface area contributed by atoms with E-state index in [1.165, 1.54) is 34.5 Å². The zero-order valence-corrected chi connectivity index (χ0v) is 16.2. The summed E-state index contributed by atoms with van der Waals surface area (Å²) in [5, 5.41) is 2.78. The van der Waals surface area contributed by atoms with Crippen LogP contribution in [-0.2, 0) is 9.53 Å². The second-order valence-electron chi connectivity index (χ2n) is 5.79. The first-order valence-electron chi connectivity index (χ1n) is 8.36. The number of hydrogen-bond donors (Lipinski definition) is 1. The quantitative estimate of drug-likeness (QED) is 0.684. The van der Waals surface area contributed by atoms with Gasteiger partial charge in [-0.3, -0.25) is 4.79 Å². The van der Waals surface area contributed by atoms with E-state index in [0.29, 0.717) is 6.54 Å². The Morgan fingerprint density at radius 2 is 1.66 bits per heavy atom. The second kappa shape index (κ2) is 9.07. The fraction of sp³-hybridized carbons (Fsp3) is 0.529. The number of carbonyl (C=O) groups is 2. The summed E-state index contributed by atoms with van der Waals surface area (Å²) in [6, 6.07) is 1.31. The minimum atomic E-state index is -5.18. The highest BCUT2D eigenvalue weighted by molar-refractivity contribution is 5.99. The largest absolute Gasteiger partial charge is 0.493 e. The molecule has 0 spiro atoms. The molecule has 2 rings (SSSR count). The molecule has 1 aliphatic rings. The first kappa shape index (κ1) is 22.4. The van der Waals surface area contributed by atoms with Crippen LogP contribution in [0.3, 0.4) is 0 Å². The Balaban J connectivity index is 2.46. The van der Waals surface area contributed by atoms with Gasteiger partial charge in [-0.15, -0.1) is 0 Å². The molecule has 1 aromatic rings. The van der Waals surface area contributed by atoms with Crippen molar-refractivity contribution in [2.45, 2.75) is 12.4 Å². The lowest BCUT2D eigenvalue weighted by molar-refractivity contribution is -0.211. The van der Waals surface area contributed by atoms with Gasteiger partial charge in [-0.2, -0.15) is 13.2 Å². The van der Waals surface area contributed by atoms with Gasteiger partial charge in [0.05, 0.1) is 40.5 Å². The van der Waals surface area contributed by atoms with Crippen molar-refractivity contribution in [3.8, 4) is 23.0 Å². The molecule has 1 saturated heterocycles. The molecule has 1 aliphatic heterocycles. The number of hydrogen-bond acceptors (Lipinski definition) is 8. The van der Waals surface area contributed by atoms with Crippen LogP contribution in [0.4, 0.5) is 13.2 Å². The molecular formula is C17H21F3N2O7. The van der Waals surface area contributed by atoms with Gasteiger partial charge in [-0.25, -0.2) is 4.79 Å².